The minimum absolute atomic E-state index is 0.119. The standard InChI is InChI=1S/C18H25N3O4S/c1-12-9-16(11-17(15(12)4)26(23,24)20(5)6)18(22)25-8-7-21-14(3)10-13(2)19-21/h9-11H,7-8H2,1-6H3. The van der Waals surface area contributed by atoms with Gasteiger partial charge in [0.1, 0.15) is 6.61 Å². The van der Waals surface area contributed by atoms with Crippen LogP contribution >= 0.6 is 0 Å². The van der Waals surface area contributed by atoms with Crippen LogP contribution in [0.4, 0.5) is 0 Å². The van der Waals surface area contributed by atoms with Crippen molar-refractivity contribution in [3.63, 3.8) is 0 Å². The lowest BCUT2D eigenvalue weighted by atomic mass is 10.1. The van der Waals surface area contributed by atoms with Crippen molar-refractivity contribution in [1.29, 1.82) is 0 Å². The Hall–Kier alpha value is -2.19. The molecule has 142 valence electrons. The van der Waals surface area contributed by atoms with Gasteiger partial charge in [-0.15, -0.1) is 0 Å². The van der Waals surface area contributed by atoms with Crippen molar-refractivity contribution in [2.24, 2.45) is 0 Å². The van der Waals surface area contributed by atoms with Crippen molar-refractivity contribution in [2.45, 2.75) is 39.1 Å². The van der Waals surface area contributed by atoms with Crippen molar-refractivity contribution in [3.05, 3.63) is 46.3 Å². The van der Waals surface area contributed by atoms with Crippen LogP contribution < -0.4 is 0 Å². The SMILES string of the molecule is Cc1cc(C)n(CCOC(=O)c2cc(C)c(C)c(S(=O)(=O)N(C)C)c2)n1. The molecule has 2 aromatic rings. The summed E-state index contributed by atoms with van der Waals surface area (Å²) in [5.74, 6) is -0.551. The molecule has 0 saturated carbocycles. The van der Waals surface area contributed by atoms with Crippen LogP contribution in [0.2, 0.25) is 0 Å². The summed E-state index contributed by atoms with van der Waals surface area (Å²) in [4.78, 5) is 12.5. The summed E-state index contributed by atoms with van der Waals surface area (Å²) >= 11 is 0. The first kappa shape index (κ1) is 20.1. The van der Waals surface area contributed by atoms with E-state index in [1.54, 1.807) is 24.6 Å². The topological polar surface area (TPSA) is 81.5 Å². The first-order valence-electron chi connectivity index (χ1n) is 8.26. The normalized spacial score (nSPS) is 11.8. The molecule has 1 aromatic heterocycles. The van der Waals surface area contributed by atoms with E-state index in [2.05, 4.69) is 5.10 Å². The number of benzene rings is 1. The highest BCUT2D eigenvalue weighted by Crippen LogP contribution is 2.23. The minimum Gasteiger partial charge on any atom is -0.460 e. The first-order chi connectivity index (χ1) is 12.0. The Bertz CT molecular complexity index is 930. The van der Waals surface area contributed by atoms with Gasteiger partial charge < -0.3 is 4.74 Å². The summed E-state index contributed by atoms with van der Waals surface area (Å²) < 4.78 is 33.2. The number of carbonyl (C=O) groups is 1. The number of esters is 1. The number of nitrogens with zero attached hydrogens (tertiary/aromatic N) is 3. The van der Waals surface area contributed by atoms with E-state index in [1.165, 1.54) is 20.2 Å². The molecule has 0 N–H and O–H groups in total. The summed E-state index contributed by atoms with van der Waals surface area (Å²) in [6.07, 6.45) is 0. The fourth-order valence-electron chi connectivity index (χ4n) is 2.62. The van der Waals surface area contributed by atoms with Crippen molar-refractivity contribution in [1.82, 2.24) is 14.1 Å². The first-order valence-corrected chi connectivity index (χ1v) is 9.70. The van der Waals surface area contributed by atoms with Crippen LogP contribution in [0.5, 0.6) is 0 Å². The number of ether oxygens (including phenoxy) is 1. The van der Waals surface area contributed by atoms with Crippen LogP contribution in [0.15, 0.2) is 23.1 Å². The average molecular weight is 379 g/mol. The molecule has 0 saturated heterocycles. The van der Waals surface area contributed by atoms with Crippen LogP contribution in [0, 0.1) is 27.7 Å². The Morgan fingerprint density at radius 3 is 2.35 bits per heavy atom. The van der Waals surface area contributed by atoms with E-state index in [-0.39, 0.29) is 17.1 Å². The quantitative estimate of drug-likeness (QED) is 0.719. The van der Waals surface area contributed by atoms with Gasteiger partial charge in [-0.05, 0) is 57.0 Å². The van der Waals surface area contributed by atoms with Crippen molar-refractivity contribution in [2.75, 3.05) is 20.7 Å². The van der Waals surface area contributed by atoms with E-state index in [0.717, 1.165) is 21.3 Å². The molecule has 2 rings (SSSR count). The molecule has 26 heavy (non-hydrogen) atoms. The second-order valence-corrected chi connectivity index (χ2v) is 8.61. The van der Waals surface area contributed by atoms with E-state index in [0.29, 0.717) is 12.1 Å². The van der Waals surface area contributed by atoms with Gasteiger partial charge in [0.25, 0.3) is 0 Å². The molecule has 0 atom stereocenters. The molecule has 0 bridgehead atoms. The van der Waals surface area contributed by atoms with Gasteiger partial charge in [0, 0.05) is 19.8 Å². The van der Waals surface area contributed by atoms with Gasteiger partial charge in [0.2, 0.25) is 10.0 Å². The summed E-state index contributed by atoms with van der Waals surface area (Å²) in [7, 11) is -0.717. The zero-order valence-corrected chi connectivity index (χ0v) is 16.8. The minimum atomic E-state index is -3.64. The highest BCUT2D eigenvalue weighted by atomic mass is 32.2. The van der Waals surface area contributed by atoms with E-state index in [9.17, 15) is 13.2 Å². The highest BCUT2D eigenvalue weighted by molar-refractivity contribution is 7.89. The second kappa shape index (κ2) is 7.59. The zero-order chi connectivity index (χ0) is 19.6. The van der Waals surface area contributed by atoms with Crippen LogP contribution in [0.25, 0.3) is 0 Å². The smallest absolute Gasteiger partial charge is 0.338 e. The molecule has 0 amide bonds. The largest absolute Gasteiger partial charge is 0.460 e. The molecule has 0 unspecified atom stereocenters. The van der Waals surface area contributed by atoms with Gasteiger partial charge in [-0.3, -0.25) is 4.68 Å². The van der Waals surface area contributed by atoms with Gasteiger partial charge >= 0.3 is 5.97 Å². The predicted octanol–water partition coefficient (Wildman–Crippen LogP) is 2.22. The Labute approximate surface area is 154 Å². The molecule has 0 spiro atoms. The van der Waals surface area contributed by atoms with Crippen LogP contribution in [-0.2, 0) is 21.3 Å². The summed E-state index contributed by atoms with van der Waals surface area (Å²) in [5.41, 5.74) is 3.46. The molecule has 0 aliphatic carbocycles. The molecule has 7 nitrogen and oxygen atoms in total. The van der Waals surface area contributed by atoms with E-state index < -0.39 is 16.0 Å². The zero-order valence-electron chi connectivity index (χ0n) is 16.0. The van der Waals surface area contributed by atoms with E-state index in [1.807, 2.05) is 19.9 Å². The number of carbonyl (C=O) groups excluding carboxylic acids is 1. The second-order valence-electron chi connectivity index (χ2n) is 6.49. The van der Waals surface area contributed by atoms with Crippen LogP contribution in [0.3, 0.4) is 0 Å². The Balaban J connectivity index is 2.19. The third-order valence-electron chi connectivity index (χ3n) is 4.25. The summed E-state index contributed by atoms with van der Waals surface area (Å²) in [6.45, 7) is 7.93. The Kier molecular flexibility index (Phi) is 5.87. The Morgan fingerprint density at radius 1 is 1.15 bits per heavy atom. The Morgan fingerprint density at radius 2 is 1.81 bits per heavy atom. The molecule has 1 aromatic carbocycles. The van der Waals surface area contributed by atoms with Crippen molar-refractivity contribution < 1.29 is 17.9 Å². The van der Waals surface area contributed by atoms with Gasteiger partial charge in [0.15, 0.2) is 0 Å². The molecular weight excluding hydrogens is 354 g/mol. The van der Waals surface area contributed by atoms with Gasteiger partial charge in [-0.25, -0.2) is 17.5 Å². The van der Waals surface area contributed by atoms with E-state index >= 15 is 0 Å². The van der Waals surface area contributed by atoms with Crippen molar-refractivity contribution in [3.8, 4) is 0 Å². The number of aromatic nitrogens is 2. The number of hydrogen-bond donors (Lipinski definition) is 0. The fraction of sp³-hybridized carbons (Fsp3) is 0.444. The summed E-state index contributed by atoms with van der Waals surface area (Å²) in [5, 5.41) is 4.31. The summed E-state index contributed by atoms with van der Waals surface area (Å²) in [6, 6.07) is 4.97. The molecule has 0 aliphatic heterocycles. The van der Waals surface area contributed by atoms with Gasteiger partial charge in [-0.2, -0.15) is 5.10 Å². The fourth-order valence-corrected chi connectivity index (χ4v) is 3.84. The highest BCUT2D eigenvalue weighted by Gasteiger charge is 2.23. The monoisotopic (exact) mass is 379 g/mol. The van der Waals surface area contributed by atoms with Crippen molar-refractivity contribution >= 4 is 16.0 Å². The maximum absolute atomic E-state index is 12.5. The van der Waals surface area contributed by atoms with Gasteiger partial charge in [-0.1, -0.05) is 0 Å². The lowest BCUT2D eigenvalue weighted by Crippen LogP contribution is -2.24. The molecule has 0 radical (unpaired) electrons. The molecule has 8 heteroatoms. The molecule has 0 fully saturated rings. The van der Waals surface area contributed by atoms with Crippen LogP contribution in [-0.4, -0.2) is 49.2 Å². The molecule has 1 heterocycles. The third-order valence-corrected chi connectivity index (χ3v) is 6.19. The number of rotatable bonds is 6. The van der Waals surface area contributed by atoms with Gasteiger partial charge in [0.05, 0.1) is 22.7 Å². The van der Waals surface area contributed by atoms with Crippen LogP contribution in [0.1, 0.15) is 32.9 Å². The number of sulfonamides is 1. The number of aryl methyl sites for hydroxylation is 3. The third kappa shape index (κ3) is 4.13. The maximum atomic E-state index is 12.5. The predicted molar refractivity (Wildman–Crippen MR) is 98.8 cm³/mol. The number of hydrogen-bond acceptors (Lipinski definition) is 5. The average Bonchev–Trinajstić information content (AvgIpc) is 2.87. The maximum Gasteiger partial charge on any atom is 0.338 e. The molecule has 0 aliphatic rings. The lowest BCUT2D eigenvalue weighted by Gasteiger charge is -2.16. The van der Waals surface area contributed by atoms with E-state index in [4.69, 9.17) is 4.74 Å². The lowest BCUT2D eigenvalue weighted by molar-refractivity contribution is 0.0486. The molecular formula is C18H25N3O4S.